The van der Waals surface area contributed by atoms with Crippen molar-refractivity contribution in [2.45, 2.75) is 140 Å². The van der Waals surface area contributed by atoms with E-state index in [2.05, 4.69) is 6.55 Å². The Morgan fingerprint density at radius 3 is 1.62 bits per heavy atom. The molecule has 0 aromatic carbocycles. The Morgan fingerprint density at radius 2 is 1.14 bits per heavy atom. The Labute approximate surface area is 182 Å². The molecule has 1 aliphatic carbocycles. The average Bonchev–Trinajstić information content (AvgIpc) is 3.52. The molecule has 3 nitrogen and oxygen atoms in total. The van der Waals surface area contributed by atoms with Crippen LogP contribution in [-0.2, 0) is 13.6 Å². The maximum Gasteiger partial charge on any atom is 0.334 e. The lowest BCUT2D eigenvalue weighted by molar-refractivity contribution is 0.248. The van der Waals surface area contributed by atoms with Crippen molar-refractivity contribution < 1.29 is 13.6 Å². The lowest BCUT2D eigenvalue weighted by atomic mass is 9.85. The Kier molecular flexibility index (Phi) is 13.1. The van der Waals surface area contributed by atoms with Crippen LogP contribution in [0.15, 0.2) is 0 Å². The van der Waals surface area contributed by atoms with Crippen LogP contribution in [0.5, 0.6) is 0 Å². The predicted molar refractivity (Wildman–Crippen MR) is 126 cm³/mol. The molecule has 0 radical (unpaired) electrons. The first-order valence-corrected chi connectivity index (χ1v) is 15.4. The van der Waals surface area contributed by atoms with Gasteiger partial charge in [-0.05, 0) is 37.8 Å². The van der Waals surface area contributed by atoms with Gasteiger partial charge in [-0.25, -0.2) is 0 Å². The Morgan fingerprint density at radius 1 is 0.655 bits per heavy atom. The summed E-state index contributed by atoms with van der Waals surface area (Å²) in [7, 11) is 1.78. The molecule has 0 bridgehead atoms. The van der Waals surface area contributed by atoms with Crippen LogP contribution >= 0.6 is 0 Å². The molecule has 0 spiro atoms. The molecule has 1 saturated heterocycles. The van der Waals surface area contributed by atoms with Gasteiger partial charge < -0.3 is 13.6 Å². The Balaban J connectivity index is 1.23. The maximum atomic E-state index is 5.65. The first kappa shape index (κ1) is 25.4. The molecule has 3 unspecified atom stereocenters. The van der Waals surface area contributed by atoms with E-state index in [4.69, 9.17) is 13.6 Å². The smallest absolute Gasteiger partial charge is 0.334 e. The van der Waals surface area contributed by atoms with Crippen LogP contribution in [0.4, 0.5) is 0 Å². The van der Waals surface area contributed by atoms with E-state index in [1.807, 2.05) is 0 Å². The average molecular weight is 427 g/mol. The third-order valence-corrected chi connectivity index (χ3v) is 10.5. The van der Waals surface area contributed by atoms with Gasteiger partial charge >= 0.3 is 8.56 Å². The molecular weight excluding hydrogens is 376 g/mol. The fourth-order valence-corrected chi connectivity index (χ4v) is 6.50. The van der Waals surface area contributed by atoms with Crippen LogP contribution in [0, 0.1) is 5.92 Å². The summed E-state index contributed by atoms with van der Waals surface area (Å²) in [5, 5.41) is 0. The van der Waals surface area contributed by atoms with Gasteiger partial charge in [0.25, 0.3) is 0 Å². The summed E-state index contributed by atoms with van der Waals surface area (Å²) in [4.78, 5) is 0. The van der Waals surface area contributed by atoms with Crippen molar-refractivity contribution in [2.75, 3.05) is 14.2 Å². The van der Waals surface area contributed by atoms with Gasteiger partial charge in [0.1, 0.15) is 0 Å². The third kappa shape index (κ3) is 11.3. The number of epoxide rings is 1. The quantitative estimate of drug-likeness (QED) is 0.120. The summed E-state index contributed by atoms with van der Waals surface area (Å²) >= 11 is 0. The molecule has 172 valence electrons. The zero-order valence-corrected chi connectivity index (χ0v) is 20.9. The fourth-order valence-electron chi connectivity index (χ4n) is 5.04. The minimum atomic E-state index is -1.82. The first-order valence-electron chi connectivity index (χ1n) is 12.9. The van der Waals surface area contributed by atoms with Gasteiger partial charge in [0, 0.05) is 14.2 Å². The summed E-state index contributed by atoms with van der Waals surface area (Å²) in [5.74, 6) is 0.983. The van der Waals surface area contributed by atoms with E-state index in [1.54, 1.807) is 14.2 Å². The van der Waals surface area contributed by atoms with E-state index < -0.39 is 8.56 Å². The summed E-state index contributed by atoms with van der Waals surface area (Å²) in [6, 6.07) is 1.14. The molecule has 0 aromatic heterocycles. The van der Waals surface area contributed by atoms with Gasteiger partial charge in [-0.1, -0.05) is 96.3 Å². The minimum Gasteiger partial charge on any atom is -0.398 e. The van der Waals surface area contributed by atoms with Crippen LogP contribution in [-0.4, -0.2) is 35.0 Å². The van der Waals surface area contributed by atoms with E-state index in [0.29, 0.717) is 12.2 Å². The normalized spacial score (nSPS) is 23.9. The van der Waals surface area contributed by atoms with E-state index >= 15 is 0 Å². The molecule has 0 N–H and O–H groups in total. The standard InChI is InChI=1S/C25H50O3Si/c1-26-29(3,27-2)21-17-15-13-11-9-7-5-4-6-8-10-12-14-16-18-23-19-20-24-25(22-23)28-24/h23-25H,4-22H2,1-3H3. The second-order valence-corrected chi connectivity index (χ2v) is 13.5. The highest BCUT2D eigenvalue weighted by atomic mass is 28.4. The van der Waals surface area contributed by atoms with E-state index in [0.717, 1.165) is 12.0 Å². The van der Waals surface area contributed by atoms with E-state index in [-0.39, 0.29) is 0 Å². The van der Waals surface area contributed by atoms with E-state index in [9.17, 15) is 0 Å². The monoisotopic (exact) mass is 426 g/mol. The highest BCUT2D eigenvalue weighted by Crippen LogP contribution is 2.41. The van der Waals surface area contributed by atoms with Gasteiger partial charge in [-0.3, -0.25) is 0 Å². The van der Waals surface area contributed by atoms with Crippen LogP contribution in [0.2, 0.25) is 12.6 Å². The van der Waals surface area contributed by atoms with Crippen LogP contribution in [0.1, 0.15) is 116 Å². The van der Waals surface area contributed by atoms with Crippen molar-refractivity contribution in [1.29, 1.82) is 0 Å². The van der Waals surface area contributed by atoms with Crippen LogP contribution in [0.3, 0.4) is 0 Å². The number of rotatable bonds is 19. The van der Waals surface area contributed by atoms with Crippen molar-refractivity contribution >= 4 is 8.56 Å². The zero-order chi connectivity index (χ0) is 20.8. The van der Waals surface area contributed by atoms with Gasteiger partial charge in [0.2, 0.25) is 0 Å². The molecule has 3 atom stereocenters. The Hall–Kier alpha value is 0.0969. The second-order valence-electron chi connectivity index (χ2n) is 9.92. The molecule has 1 heterocycles. The van der Waals surface area contributed by atoms with Crippen molar-refractivity contribution in [2.24, 2.45) is 5.92 Å². The molecule has 0 amide bonds. The van der Waals surface area contributed by atoms with Crippen molar-refractivity contribution in [3.8, 4) is 0 Å². The summed E-state index contributed by atoms with van der Waals surface area (Å²) in [6.07, 6.45) is 26.9. The molecule has 2 rings (SSSR count). The van der Waals surface area contributed by atoms with E-state index in [1.165, 1.54) is 116 Å². The zero-order valence-electron chi connectivity index (χ0n) is 19.9. The topological polar surface area (TPSA) is 31.0 Å². The molecule has 1 saturated carbocycles. The molecule has 1 aliphatic heterocycles. The lowest BCUT2D eigenvalue weighted by Gasteiger charge is -2.22. The minimum absolute atomic E-state index is 0.670. The van der Waals surface area contributed by atoms with Crippen molar-refractivity contribution in [3.63, 3.8) is 0 Å². The van der Waals surface area contributed by atoms with Gasteiger partial charge in [-0.15, -0.1) is 0 Å². The Bertz CT molecular complexity index is 400. The predicted octanol–water partition coefficient (Wildman–Crippen LogP) is 7.77. The van der Waals surface area contributed by atoms with Gasteiger partial charge in [0.15, 0.2) is 0 Å². The number of hydrogen-bond donors (Lipinski definition) is 0. The molecule has 4 heteroatoms. The van der Waals surface area contributed by atoms with Crippen LogP contribution in [0.25, 0.3) is 0 Å². The highest BCUT2D eigenvalue weighted by Gasteiger charge is 2.43. The number of fused-ring (bicyclic) bond motifs is 1. The largest absolute Gasteiger partial charge is 0.398 e. The summed E-state index contributed by atoms with van der Waals surface area (Å²) < 4.78 is 16.7. The first-order chi connectivity index (χ1) is 14.2. The molecule has 2 aliphatic rings. The van der Waals surface area contributed by atoms with Crippen LogP contribution < -0.4 is 0 Å². The van der Waals surface area contributed by atoms with Crippen molar-refractivity contribution in [3.05, 3.63) is 0 Å². The maximum absolute atomic E-state index is 5.65. The van der Waals surface area contributed by atoms with Gasteiger partial charge in [-0.2, -0.15) is 0 Å². The van der Waals surface area contributed by atoms with Gasteiger partial charge in [0.05, 0.1) is 12.2 Å². The number of hydrogen-bond acceptors (Lipinski definition) is 3. The molecule has 29 heavy (non-hydrogen) atoms. The highest BCUT2D eigenvalue weighted by molar-refractivity contribution is 6.65. The summed E-state index contributed by atoms with van der Waals surface area (Å²) in [5.41, 5.74) is 0. The lowest BCUT2D eigenvalue weighted by Crippen LogP contribution is -2.35. The number of unbranched alkanes of at least 4 members (excludes halogenated alkanes) is 13. The number of ether oxygens (including phenoxy) is 1. The SMILES string of the molecule is CO[Si](C)(CCCCCCCCCCCCCCCCC1CCC2OC2C1)OC. The second kappa shape index (κ2) is 15.0. The molecule has 2 fully saturated rings. The summed E-state index contributed by atoms with van der Waals surface area (Å²) in [6.45, 7) is 2.17. The third-order valence-electron chi connectivity index (χ3n) is 7.47. The molecular formula is C25H50O3Si. The fraction of sp³-hybridized carbons (Fsp3) is 1.00. The van der Waals surface area contributed by atoms with Crippen molar-refractivity contribution in [1.82, 2.24) is 0 Å². The molecule has 0 aromatic rings.